The van der Waals surface area contributed by atoms with Crippen molar-refractivity contribution in [1.29, 1.82) is 0 Å². The minimum absolute atomic E-state index is 0.625. The standard InChI is InChI=1S/C17H22N4S/c1-12-11-13-16(21-9-7-20(2)8-10-21)18-14-5-3-4-6-15(14)19-17(13)22-12/h3-6,12,19H,7-11H2,1-2H3. The van der Waals surface area contributed by atoms with E-state index in [9.17, 15) is 0 Å². The van der Waals surface area contributed by atoms with Gasteiger partial charge in [-0.3, -0.25) is 0 Å². The van der Waals surface area contributed by atoms with Crippen LogP contribution >= 0.6 is 11.8 Å². The molecule has 3 heterocycles. The number of nitrogens with one attached hydrogen (secondary N) is 1. The molecule has 1 atom stereocenters. The van der Waals surface area contributed by atoms with Crippen molar-refractivity contribution in [2.24, 2.45) is 4.99 Å². The van der Waals surface area contributed by atoms with E-state index in [0.29, 0.717) is 5.25 Å². The number of aliphatic imine (C=N–C) groups is 1. The second kappa shape index (κ2) is 5.63. The summed E-state index contributed by atoms with van der Waals surface area (Å²) < 4.78 is 0. The first-order valence-electron chi connectivity index (χ1n) is 7.99. The summed E-state index contributed by atoms with van der Waals surface area (Å²) in [6, 6.07) is 8.37. The Morgan fingerprint density at radius 3 is 2.77 bits per heavy atom. The number of hydrogen-bond acceptors (Lipinski definition) is 5. The quantitative estimate of drug-likeness (QED) is 0.797. The molecule has 5 heteroatoms. The van der Waals surface area contributed by atoms with Gasteiger partial charge in [0.25, 0.3) is 0 Å². The molecule has 0 saturated carbocycles. The average Bonchev–Trinajstić information content (AvgIpc) is 2.80. The summed E-state index contributed by atoms with van der Waals surface area (Å²) >= 11 is 1.95. The third kappa shape index (κ3) is 2.52. The molecule has 4 nitrogen and oxygen atoms in total. The van der Waals surface area contributed by atoms with E-state index in [0.717, 1.165) is 44.0 Å². The van der Waals surface area contributed by atoms with Crippen LogP contribution in [-0.4, -0.2) is 54.1 Å². The van der Waals surface area contributed by atoms with E-state index in [1.54, 1.807) is 0 Å². The predicted molar refractivity (Wildman–Crippen MR) is 94.9 cm³/mol. The van der Waals surface area contributed by atoms with Crippen molar-refractivity contribution in [2.45, 2.75) is 18.6 Å². The molecule has 0 bridgehead atoms. The Balaban J connectivity index is 1.75. The van der Waals surface area contributed by atoms with Gasteiger partial charge in [0, 0.05) is 37.0 Å². The minimum Gasteiger partial charge on any atom is -0.354 e. The molecule has 1 saturated heterocycles. The molecule has 116 valence electrons. The molecule has 0 radical (unpaired) electrons. The first-order chi connectivity index (χ1) is 10.7. The summed E-state index contributed by atoms with van der Waals surface area (Å²) in [4.78, 5) is 9.92. The summed E-state index contributed by atoms with van der Waals surface area (Å²) in [5.41, 5.74) is 3.58. The van der Waals surface area contributed by atoms with Gasteiger partial charge in [-0.1, -0.05) is 19.1 Å². The normalized spacial score (nSPS) is 25.3. The lowest BCUT2D eigenvalue weighted by Crippen LogP contribution is -2.47. The highest BCUT2D eigenvalue weighted by molar-refractivity contribution is 8.04. The van der Waals surface area contributed by atoms with Crippen molar-refractivity contribution in [3.8, 4) is 0 Å². The number of rotatable bonds is 0. The molecular formula is C17H22N4S. The maximum atomic E-state index is 5.06. The zero-order valence-electron chi connectivity index (χ0n) is 13.2. The highest BCUT2D eigenvalue weighted by Crippen LogP contribution is 2.43. The summed E-state index contributed by atoms with van der Waals surface area (Å²) in [7, 11) is 2.20. The van der Waals surface area contributed by atoms with Crippen LogP contribution in [-0.2, 0) is 0 Å². The molecule has 22 heavy (non-hydrogen) atoms. The smallest absolute Gasteiger partial charge is 0.135 e. The monoisotopic (exact) mass is 314 g/mol. The number of likely N-dealkylation sites (N-methyl/N-ethyl adjacent to an activating group) is 1. The van der Waals surface area contributed by atoms with Gasteiger partial charge in [-0.15, -0.1) is 11.8 Å². The largest absolute Gasteiger partial charge is 0.354 e. The molecule has 1 unspecified atom stereocenters. The second-order valence-electron chi connectivity index (χ2n) is 6.31. The highest BCUT2D eigenvalue weighted by atomic mass is 32.2. The van der Waals surface area contributed by atoms with Gasteiger partial charge < -0.3 is 15.1 Å². The lowest BCUT2D eigenvalue weighted by molar-refractivity contribution is 0.215. The van der Waals surface area contributed by atoms with Crippen LogP contribution in [0.5, 0.6) is 0 Å². The van der Waals surface area contributed by atoms with Crippen LogP contribution in [0.15, 0.2) is 39.9 Å². The first kappa shape index (κ1) is 14.2. The lowest BCUT2D eigenvalue weighted by atomic mass is 10.1. The van der Waals surface area contributed by atoms with Crippen molar-refractivity contribution in [3.63, 3.8) is 0 Å². The summed E-state index contributed by atoms with van der Waals surface area (Å²) in [5.74, 6) is 1.19. The number of fused-ring (bicyclic) bond motifs is 1. The van der Waals surface area contributed by atoms with Gasteiger partial charge in [0.2, 0.25) is 0 Å². The molecular weight excluding hydrogens is 292 g/mol. The molecule has 1 N–H and O–H groups in total. The van der Waals surface area contributed by atoms with Gasteiger partial charge in [0.15, 0.2) is 0 Å². The van der Waals surface area contributed by atoms with E-state index in [2.05, 4.69) is 53.4 Å². The van der Waals surface area contributed by atoms with Crippen molar-refractivity contribution in [2.75, 3.05) is 38.5 Å². The molecule has 1 aromatic carbocycles. The van der Waals surface area contributed by atoms with Gasteiger partial charge in [-0.2, -0.15) is 0 Å². The third-order valence-corrected chi connectivity index (χ3v) is 5.69. The minimum atomic E-state index is 0.625. The Labute approximate surface area is 136 Å². The fraction of sp³-hybridized carbons (Fsp3) is 0.471. The lowest BCUT2D eigenvalue weighted by Gasteiger charge is -2.35. The first-order valence-corrected chi connectivity index (χ1v) is 8.87. The molecule has 0 aliphatic carbocycles. The number of hydrogen-bond donors (Lipinski definition) is 1. The van der Waals surface area contributed by atoms with Gasteiger partial charge in [0.1, 0.15) is 5.84 Å². The SMILES string of the molecule is CC1CC2=C(Nc3ccccc3N=C2N2CCN(C)CC2)S1. The highest BCUT2D eigenvalue weighted by Gasteiger charge is 2.31. The molecule has 4 rings (SSSR count). The number of amidine groups is 1. The van der Waals surface area contributed by atoms with Crippen LogP contribution < -0.4 is 5.32 Å². The fourth-order valence-electron chi connectivity index (χ4n) is 3.25. The van der Waals surface area contributed by atoms with E-state index in [4.69, 9.17) is 4.99 Å². The van der Waals surface area contributed by atoms with Crippen LogP contribution in [0.3, 0.4) is 0 Å². The number of para-hydroxylation sites is 2. The Bertz CT molecular complexity index is 644. The van der Waals surface area contributed by atoms with Crippen LogP contribution in [0.1, 0.15) is 13.3 Å². The predicted octanol–water partition coefficient (Wildman–Crippen LogP) is 3.13. The number of nitrogens with zero attached hydrogens (tertiary/aromatic N) is 3. The molecule has 3 aliphatic heterocycles. The van der Waals surface area contributed by atoms with Crippen LogP contribution in [0.2, 0.25) is 0 Å². The summed E-state index contributed by atoms with van der Waals surface area (Å²) in [6.45, 7) is 6.65. The van der Waals surface area contributed by atoms with Gasteiger partial charge in [-0.05, 0) is 25.6 Å². The van der Waals surface area contributed by atoms with Crippen molar-refractivity contribution in [1.82, 2.24) is 9.80 Å². The van der Waals surface area contributed by atoms with E-state index in [-0.39, 0.29) is 0 Å². The van der Waals surface area contributed by atoms with E-state index in [1.807, 2.05) is 11.8 Å². The maximum Gasteiger partial charge on any atom is 0.135 e. The van der Waals surface area contributed by atoms with Crippen molar-refractivity contribution >= 4 is 29.0 Å². The van der Waals surface area contributed by atoms with Crippen molar-refractivity contribution in [3.05, 3.63) is 34.9 Å². The number of benzene rings is 1. The Morgan fingerprint density at radius 1 is 1.18 bits per heavy atom. The number of piperazine rings is 1. The van der Waals surface area contributed by atoms with E-state index in [1.165, 1.54) is 16.4 Å². The van der Waals surface area contributed by atoms with Gasteiger partial charge in [-0.25, -0.2) is 4.99 Å². The third-order valence-electron chi connectivity index (χ3n) is 4.54. The summed E-state index contributed by atoms with van der Waals surface area (Å²) in [5, 5.41) is 5.55. The fourth-order valence-corrected chi connectivity index (χ4v) is 4.39. The number of thioether (sulfide) groups is 1. The van der Waals surface area contributed by atoms with Crippen molar-refractivity contribution < 1.29 is 0 Å². The van der Waals surface area contributed by atoms with Crippen LogP contribution in [0, 0.1) is 0 Å². The van der Waals surface area contributed by atoms with Gasteiger partial charge >= 0.3 is 0 Å². The zero-order chi connectivity index (χ0) is 15.1. The van der Waals surface area contributed by atoms with Gasteiger partial charge in [0.05, 0.1) is 16.4 Å². The molecule has 3 aliphatic rings. The Hall–Kier alpha value is -1.46. The zero-order valence-corrected chi connectivity index (χ0v) is 14.0. The van der Waals surface area contributed by atoms with E-state index < -0.39 is 0 Å². The molecule has 1 fully saturated rings. The Morgan fingerprint density at radius 2 is 1.95 bits per heavy atom. The maximum absolute atomic E-state index is 5.06. The second-order valence-corrected chi connectivity index (χ2v) is 7.76. The van der Waals surface area contributed by atoms with Crippen LogP contribution in [0.25, 0.3) is 0 Å². The van der Waals surface area contributed by atoms with E-state index >= 15 is 0 Å². The molecule has 0 aromatic heterocycles. The van der Waals surface area contributed by atoms with Crippen LogP contribution in [0.4, 0.5) is 11.4 Å². The molecule has 1 aromatic rings. The summed E-state index contributed by atoms with van der Waals surface area (Å²) in [6.07, 6.45) is 1.10. The number of anilines is 1. The molecule has 0 amide bonds. The molecule has 0 spiro atoms. The Kier molecular flexibility index (Phi) is 3.62. The topological polar surface area (TPSA) is 30.9 Å². The average molecular weight is 314 g/mol.